The van der Waals surface area contributed by atoms with Gasteiger partial charge in [-0.15, -0.1) is 0 Å². The lowest BCUT2D eigenvalue weighted by Crippen LogP contribution is -2.14. The highest BCUT2D eigenvalue weighted by Crippen LogP contribution is 2.38. The Kier molecular flexibility index (Phi) is 5.63. The van der Waals surface area contributed by atoms with Crippen LogP contribution in [0.1, 0.15) is 47.9 Å². The Hall–Kier alpha value is -3.06. The number of hydrogen-bond donors (Lipinski definition) is 1. The largest absolute Gasteiger partial charge is 0.489 e. The minimum Gasteiger partial charge on any atom is -0.489 e. The molecule has 0 atom stereocenters. The third-order valence-electron chi connectivity index (χ3n) is 4.76. The molecule has 0 unspecified atom stereocenters. The van der Waals surface area contributed by atoms with Crippen molar-refractivity contribution >= 4 is 23.2 Å². The number of aromatic nitrogens is 2. The van der Waals surface area contributed by atoms with Gasteiger partial charge in [0.2, 0.25) is 0 Å². The van der Waals surface area contributed by atoms with Gasteiger partial charge in [-0.3, -0.25) is 4.79 Å². The summed E-state index contributed by atoms with van der Waals surface area (Å²) in [4.78, 5) is 17.5. The van der Waals surface area contributed by atoms with Crippen molar-refractivity contribution < 1.29 is 18.8 Å². The standard InChI is InChI=1S/C22H22ClN3O4/c1-12(2)20-25-22(30-26-20)15-7-4-6-13(3)18(15)24-21(27)14-10-16(23)19-17(11-14)28-8-5-9-29-19/h4,6-7,10-12H,5,8-9H2,1-3H3,(H,24,27). The number of hydrogen-bond acceptors (Lipinski definition) is 6. The number of carbonyl (C=O) groups excluding carboxylic acids is 1. The van der Waals surface area contributed by atoms with Crippen molar-refractivity contribution in [1.82, 2.24) is 10.1 Å². The molecule has 1 aromatic heterocycles. The first-order chi connectivity index (χ1) is 14.4. The highest BCUT2D eigenvalue weighted by Gasteiger charge is 2.21. The lowest BCUT2D eigenvalue weighted by Gasteiger charge is -2.14. The number of ether oxygens (including phenoxy) is 2. The van der Waals surface area contributed by atoms with Gasteiger partial charge in [0.25, 0.3) is 11.8 Å². The third-order valence-corrected chi connectivity index (χ3v) is 5.04. The zero-order valence-corrected chi connectivity index (χ0v) is 17.7. The van der Waals surface area contributed by atoms with Crippen LogP contribution < -0.4 is 14.8 Å². The number of nitrogens with zero attached hydrogens (tertiary/aromatic N) is 2. The van der Waals surface area contributed by atoms with E-state index in [1.165, 1.54) is 0 Å². The van der Waals surface area contributed by atoms with Gasteiger partial charge < -0.3 is 19.3 Å². The minimum absolute atomic E-state index is 0.134. The second-order valence-corrected chi connectivity index (χ2v) is 7.81. The van der Waals surface area contributed by atoms with Gasteiger partial charge in [-0.05, 0) is 30.7 Å². The van der Waals surface area contributed by atoms with Crippen LogP contribution in [-0.2, 0) is 0 Å². The topological polar surface area (TPSA) is 86.5 Å². The molecule has 2 heterocycles. The maximum atomic E-state index is 13.1. The zero-order valence-electron chi connectivity index (χ0n) is 17.0. The predicted octanol–water partition coefficient (Wildman–Crippen LogP) is 5.24. The lowest BCUT2D eigenvalue weighted by molar-refractivity contribution is 0.102. The van der Waals surface area contributed by atoms with Crippen LogP contribution in [0.25, 0.3) is 11.5 Å². The Morgan fingerprint density at radius 2 is 2.00 bits per heavy atom. The number of carbonyl (C=O) groups is 1. The van der Waals surface area contributed by atoms with Gasteiger partial charge in [0.1, 0.15) is 0 Å². The van der Waals surface area contributed by atoms with E-state index in [1.54, 1.807) is 12.1 Å². The second-order valence-electron chi connectivity index (χ2n) is 7.40. The maximum Gasteiger partial charge on any atom is 0.260 e. The first kappa shape index (κ1) is 20.2. The van der Waals surface area contributed by atoms with E-state index in [9.17, 15) is 4.79 Å². The molecular formula is C22H22ClN3O4. The lowest BCUT2D eigenvalue weighted by atomic mass is 10.1. The minimum atomic E-state index is -0.327. The van der Waals surface area contributed by atoms with Crippen molar-refractivity contribution in [3.63, 3.8) is 0 Å². The number of aryl methyl sites for hydroxylation is 1. The molecule has 0 saturated carbocycles. The van der Waals surface area contributed by atoms with Gasteiger partial charge in [-0.1, -0.05) is 42.7 Å². The molecule has 1 aliphatic heterocycles. The van der Waals surface area contributed by atoms with Gasteiger partial charge in [-0.2, -0.15) is 4.98 Å². The van der Waals surface area contributed by atoms with Gasteiger partial charge in [0.05, 0.1) is 29.5 Å². The Balaban J connectivity index is 1.67. The van der Waals surface area contributed by atoms with Crippen LogP contribution in [0.4, 0.5) is 5.69 Å². The molecule has 1 aliphatic rings. The summed E-state index contributed by atoms with van der Waals surface area (Å²) in [5.41, 5.74) is 2.49. The predicted molar refractivity (Wildman–Crippen MR) is 114 cm³/mol. The third kappa shape index (κ3) is 3.98. The molecule has 3 aromatic rings. The summed E-state index contributed by atoms with van der Waals surface area (Å²) >= 11 is 6.34. The fourth-order valence-corrected chi connectivity index (χ4v) is 3.40. The smallest absolute Gasteiger partial charge is 0.260 e. The number of fused-ring (bicyclic) bond motifs is 1. The van der Waals surface area contributed by atoms with Crippen LogP contribution in [-0.4, -0.2) is 29.3 Å². The molecule has 30 heavy (non-hydrogen) atoms. The fraction of sp³-hybridized carbons (Fsp3) is 0.318. The fourth-order valence-electron chi connectivity index (χ4n) is 3.14. The highest BCUT2D eigenvalue weighted by atomic mass is 35.5. The number of halogens is 1. The number of amides is 1. The monoisotopic (exact) mass is 427 g/mol. The van der Waals surface area contributed by atoms with E-state index in [1.807, 2.05) is 39.0 Å². The van der Waals surface area contributed by atoms with E-state index in [-0.39, 0.29) is 11.8 Å². The Morgan fingerprint density at radius 3 is 2.77 bits per heavy atom. The molecular weight excluding hydrogens is 406 g/mol. The van der Waals surface area contributed by atoms with Gasteiger partial charge in [0.15, 0.2) is 17.3 Å². The van der Waals surface area contributed by atoms with Crippen molar-refractivity contribution in [2.75, 3.05) is 18.5 Å². The van der Waals surface area contributed by atoms with Crippen LogP contribution in [0.2, 0.25) is 5.02 Å². The molecule has 0 saturated heterocycles. The first-order valence-electron chi connectivity index (χ1n) is 9.78. The van der Waals surface area contributed by atoms with Crippen LogP contribution in [0.3, 0.4) is 0 Å². The zero-order chi connectivity index (χ0) is 21.3. The summed E-state index contributed by atoms with van der Waals surface area (Å²) in [5, 5.41) is 7.32. The number of anilines is 1. The number of nitrogens with one attached hydrogen (secondary N) is 1. The maximum absolute atomic E-state index is 13.1. The molecule has 0 radical (unpaired) electrons. The van der Waals surface area contributed by atoms with Crippen molar-refractivity contribution in [3.05, 3.63) is 52.3 Å². The summed E-state index contributed by atoms with van der Waals surface area (Å²) in [6.45, 7) is 6.90. The average molecular weight is 428 g/mol. The highest BCUT2D eigenvalue weighted by molar-refractivity contribution is 6.32. The SMILES string of the molecule is Cc1cccc(-c2nc(C(C)C)no2)c1NC(=O)c1cc(Cl)c2c(c1)OCCCO2. The first-order valence-corrected chi connectivity index (χ1v) is 10.2. The molecule has 0 fully saturated rings. The van der Waals surface area contributed by atoms with Crippen LogP contribution in [0.15, 0.2) is 34.9 Å². The molecule has 1 amide bonds. The molecule has 0 spiro atoms. The van der Waals surface area contributed by atoms with E-state index in [2.05, 4.69) is 15.5 Å². The van der Waals surface area contributed by atoms with Gasteiger partial charge in [0, 0.05) is 17.9 Å². The van der Waals surface area contributed by atoms with Crippen LogP contribution >= 0.6 is 11.6 Å². The molecule has 0 aliphatic carbocycles. The van der Waals surface area contributed by atoms with Gasteiger partial charge >= 0.3 is 0 Å². The number of rotatable bonds is 4. The van der Waals surface area contributed by atoms with E-state index >= 15 is 0 Å². The van der Waals surface area contributed by atoms with Crippen molar-refractivity contribution in [1.29, 1.82) is 0 Å². The Bertz CT molecular complexity index is 1090. The Labute approximate surface area is 179 Å². The summed E-state index contributed by atoms with van der Waals surface area (Å²) in [6.07, 6.45) is 0.752. The van der Waals surface area contributed by atoms with Crippen molar-refractivity contribution in [2.45, 2.75) is 33.1 Å². The molecule has 4 rings (SSSR count). The van der Waals surface area contributed by atoms with E-state index in [0.29, 0.717) is 58.3 Å². The van der Waals surface area contributed by atoms with Crippen molar-refractivity contribution in [2.24, 2.45) is 0 Å². The average Bonchev–Trinajstić information content (AvgIpc) is 3.08. The van der Waals surface area contributed by atoms with Crippen LogP contribution in [0.5, 0.6) is 11.5 Å². The van der Waals surface area contributed by atoms with E-state index < -0.39 is 0 Å². The second kappa shape index (κ2) is 8.36. The summed E-state index contributed by atoms with van der Waals surface area (Å²) in [6, 6.07) is 8.83. The molecule has 1 N–H and O–H groups in total. The molecule has 156 valence electrons. The molecule has 7 nitrogen and oxygen atoms in total. The van der Waals surface area contributed by atoms with E-state index in [4.69, 9.17) is 25.6 Å². The summed E-state index contributed by atoms with van der Waals surface area (Å²) < 4.78 is 16.8. The van der Waals surface area contributed by atoms with E-state index in [0.717, 1.165) is 12.0 Å². The molecule has 8 heteroatoms. The number of benzene rings is 2. The molecule has 0 bridgehead atoms. The van der Waals surface area contributed by atoms with Crippen LogP contribution in [0, 0.1) is 6.92 Å². The summed E-state index contributed by atoms with van der Waals surface area (Å²) in [7, 11) is 0. The number of para-hydroxylation sites is 1. The Morgan fingerprint density at radius 1 is 1.20 bits per heavy atom. The normalized spacial score (nSPS) is 13.2. The molecule has 2 aromatic carbocycles. The van der Waals surface area contributed by atoms with Crippen molar-refractivity contribution in [3.8, 4) is 23.0 Å². The summed E-state index contributed by atoms with van der Waals surface area (Å²) in [5.74, 6) is 1.71. The van der Waals surface area contributed by atoms with Gasteiger partial charge in [-0.25, -0.2) is 0 Å². The quantitative estimate of drug-likeness (QED) is 0.613.